The molecule has 0 saturated heterocycles. The van der Waals surface area contributed by atoms with Crippen LogP contribution in [0.15, 0.2) is 36.8 Å². The van der Waals surface area contributed by atoms with E-state index in [1.807, 2.05) is 0 Å². The number of alkyl halides is 1. The molecule has 2 unspecified atom stereocenters. The van der Waals surface area contributed by atoms with Gasteiger partial charge in [0.15, 0.2) is 11.6 Å². The summed E-state index contributed by atoms with van der Waals surface area (Å²) >= 11 is 6.39. The SMILES string of the molecule is O=C(Nc1cc2cc(-c3cnc4[nH]cc(F)c4c3Cl)ccn2n1)C1CC1F. The number of carbonyl (C=O) groups excluding carboxylic acids is 1. The zero-order chi connectivity index (χ0) is 18.7. The molecule has 136 valence electrons. The highest BCUT2D eigenvalue weighted by atomic mass is 35.5. The van der Waals surface area contributed by atoms with Crippen LogP contribution in [0.4, 0.5) is 14.6 Å². The number of aromatic amines is 1. The first kappa shape index (κ1) is 16.2. The summed E-state index contributed by atoms with van der Waals surface area (Å²) in [6.07, 6.45) is 3.67. The van der Waals surface area contributed by atoms with E-state index in [0.717, 1.165) is 5.56 Å². The van der Waals surface area contributed by atoms with Crippen molar-refractivity contribution in [2.45, 2.75) is 12.6 Å². The van der Waals surface area contributed by atoms with E-state index in [2.05, 4.69) is 20.4 Å². The van der Waals surface area contributed by atoms with E-state index in [1.165, 1.54) is 6.20 Å². The van der Waals surface area contributed by atoms with Gasteiger partial charge in [0.25, 0.3) is 0 Å². The normalized spacial score (nSPS) is 18.9. The van der Waals surface area contributed by atoms with Crippen LogP contribution in [0, 0.1) is 11.7 Å². The van der Waals surface area contributed by atoms with Gasteiger partial charge in [-0.2, -0.15) is 5.10 Å². The fraction of sp³-hybridized carbons (Fsp3) is 0.167. The summed E-state index contributed by atoms with van der Waals surface area (Å²) in [4.78, 5) is 18.8. The van der Waals surface area contributed by atoms with E-state index < -0.39 is 17.9 Å². The Morgan fingerprint density at radius 3 is 3.00 bits per heavy atom. The van der Waals surface area contributed by atoms with Gasteiger partial charge in [-0.3, -0.25) is 4.79 Å². The monoisotopic (exact) mass is 387 g/mol. The Balaban J connectivity index is 1.52. The molecule has 4 heterocycles. The van der Waals surface area contributed by atoms with Gasteiger partial charge in [-0.25, -0.2) is 18.3 Å². The maximum Gasteiger partial charge on any atom is 0.231 e. The molecule has 4 aromatic heterocycles. The molecule has 27 heavy (non-hydrogen) atoms. The quantitative estimate of drug-likeness (QED) is 0.558. The Bertz CT molecular complexity index is 1220. The number of hydrogen-bond donors (Lipinski definition) is 2. The molecular formula is C18H12ClF2N5O. The molecule has 0 aromatic carbocycles. The molecule has 2 atom stereocenters. The highest BCUT2D eigenvalue weighted by Gasteiger charge is 2.43. The van der Waals surface area contributed by atoms with Crippen molar-refractivity contribution in [3.05, 3.63) is 47.6 Å². The predicted molar refractivity (Wildman–Crippen MR) is 96.9 cm³/mol. The second kappa shape index (κ2) is 5.75. The van der Waals surface area contributed by atoms with Crippen molar-refractivity contribution in [2.75, 3.05) is 5.32 Å². The van der Waals surface area contributed by atoms with Gasteiger partial charge in [0, 0.05) is 30.2 Å². The fourth-order valence-corrected chi connectivity index (χ4v) is 3.44. The highest BCUT2D eigenvalue weighted by Crippen LogP contribution is 2.36. The molecule has 6 nitrogen and oxygen atoms in total. The van der Waals surface area contributed by atoms with E-state index in [-0.39, 0.29) is 22.7 Å². The van der Waals surface area contributed by atoms with E-state index in [9.17, 15) is 13.6 Å². The number of H-pyrrole nitrogens is 1. The number of hydrogen-bond acceptors (Lipinski definition) is 3. The lowest BCUT2D eigenvalue weighted by Crippen LogP contribution is -2.15. The molecule has 4 aromatic rings. The number of nitrogens with one attached hydrogen (secondary N) is 2. The lowest BCUT2D eigenvalue weighted by atomic mass is 10.1. The molecular weight excluding hydrogens is 376 g/mol. The molecule has 1 aliphatic carbocycles. The zero-order valence-electron chi connectivity index (χ0n) is 13.7. The first-order valence-corrected chi connectivity index (χ1v) is 8.65. The van der Waals surface area contributed by atoms with E-state index in [0.29, 0.717) is 22.5 Å². The molecule has 9 heteroatoms. The number of fused-ring (bicyclic) bond motifs is 2. The van der Waals surface area contributed by atoms with Crippen molar-refractivity contribution in [1.82, 2.24) is 19.6 Å². The summed E-state index contributed by atoms with van der Waals surface area (Å²) in [5.41, 5.74) is 2.38. The third kappa shape index (κ3) is 2.64. The molecule has 2 N–H and O–H groups in total. The molecule has 1 amide bonds. The number of aromatic nitrogens is 4. The smallest absolute Gasteiger partial charge is 0.231 e. The zero-order valence-corrected chi connectivity index (χ0v) is 14.5. The number of carbonyl (C=O) groups is 1. The minimum absolute atomic E-state index is 0.237. The molecule has 5 rings (SSSR count). The molecule has 0 bridgehead atoms. The van der Waals surface area contributed by atoms with E-state index in [1.54, 1.807) is 35.1 Å². The number of amides is 1. The first-order chi connectivity index (χ1) is 13.0. The van der Waals surface area contributed by atoms with Gasteiger partial charge in [-0.15, -0.1) is 0 Å². The van der Waals surface area contributed by atoms with Crippen LogP contribution in [0.2, 0.25) is 5.02 Å². The summed E-state index contributed by atoms with van der Waals surface area (Å²) < 4.78 is 28.5. The van der Waals surface area contributed by atoms with E-state index in [4.69, 9.17) is 11.6 Å². The second-order valence-electron chi connectivity index (χ2n) is 6.51. The summed E-state index contributed by atoms with van der Waals surface area (Å²) in [6.45, 7) is 0. The first-order valence-electron chi connectivity index (χ1n) is 8.27. The number of halogens is 3. The van der Waals surface area contributed by atoms with Gasteiger partial charge in [0.1, 0.15) is 11.8 Å². The summed E-state index contributed by atoms with van der Waals surface area (Å²) in [7, 11) is 0. The fourth-order valence-electron chi connectivity index (χ4n) is 3.10. The summed E-state index contributed by atoms with van der Waals surface area (Å²) in [5, 5.41) is 7.37. The van der Waals surface area contributed by atoms with Gasteiger partial charge < -0.3 is 10.3 Å². The number of rotatable bonds is 3. The van der Waals surface area contributed by atoms with Gasteiger partial charge in [0.05, 0.1) is 21.8 Å². The van der Waals surface area contributed by atoms with Crippen LogP contribution in [0.1, 0.15) is 6.42 Å². The van der Waals surface area contributed by atoms with Crippen molar-refractivity contribution in [3.63, 3.8) is 0 Å². The number of anilines is 1. The molecule has 0 aliphatic heterocycles. The molecule has 0 radical (unpaired) electrons. The summed E-state index contributed by atoms with van der Waals surface area (Å²) in [5.74, 6) is -1.08. The van der Waals surface area contributed by atoms with Gasteiger partial charge in [0.2, 0.25) is 5.91 Å². The number of pyridine rings is 2. The van der Waals surface area contributed by atoms with Crippen LogP contribution in [0.5, 0.6) is 0 Å². The van der Waals surface area contributed by atoms with Crippen LogP contribution >= 0.6 is 11.6 Å². The van der Waals surface area contributed by atoms with Gasteiger partial charge in [-0.1, -0.05) is 11.6 Å². The third-order valence-corrected chi connectivity index (χ3v) is 5.06. The Kier molecular flexibility index (Phi) is 3.45. The lowest BCUT2D eigenvalue weighted by Gasteiger charge is -2.06. The van der Waals surface area contributed by atoms with Crippen LogP contribution < -0.4 is 5.32 Å². The van der Waals surface area contributed by atoms with Crippen molar-refractivity contribution in [2.24, 2.45) is 5.92 Å². The maximum atomic E-state index is 13.9. The predicted octanol–water partition coefficient (Wildman–Crippen LogP) is 3.97. The van der Waals surface area contributed by atoms with Crippen LogP contribution in [0.25, 0.3) is 27.7 Å². The maximum absolute atomic E-state index is 13.9. The minimum Gasteiger partial charge on any atom is -0.343 e. The van der Waals surface area contributed by atoms with Crippen LogP contribution in [-0.2, 0) is 4.79 Å². The molecule has 1 fully saturated rings. The second-order valence-corrected chi connectivity index (χ2v) is 6.89. The average Bonchev–Trinajstić information content (AvgIpc) is 3.07. The van der Waals surface area contributed by atoms with Crippen LogP contribution in [0.3, 0.4) is 0 Å². The van der Waals surface area contributed by atoms with Gasteiger partial charge in [-0.05, 0) is 24.1 Å². The average molecular weight is 388 g/mol. The molecule has 1 saturated carbocycles. The van der Waals surface area contributed by atoms with Crippen molar-refractivity contribution in [1.29, 1.82) is 0 Å². The Morgan fingerprint density at radius 2 is 2.22 bits per heavy atom. The highest BCUT2D eigenvalue weighted by molar-refractivity contribution is 6.38. The van der Waals surface area contributed by atoms with E-state index >= 15 is 0 Å². The Labute approximate surface area is 156 Å². The Morgan fingerprint density at radius 1 is 1.41 bits per heavy atom. The number of nitrogens with zero attached hydrogens (tertiary/aromatic N) is 3. The summed E-state index contributed by atoms with van der Waals surface area (Å²) in [6, 6.07) is 5.24. The van der Waals surface area contributed by atoms with Crippen molar-refractivity contribution < 1.29 is 13.6 Å². The topological polar surface area (TPSA) is 75.1 Å². The lowest BCUT2D eigenvalue weighted by molar-refractivity contribution is -0.117. The third-order valence-electron chi connectivity index (χ3n) is 4.66. The largest absolute Gasteiger partial charge is 0.343 e. The molecule has 1 aliphatic rings. The standard InChI is InChI=1S/C18H12ClF2N5O/c19-16-11(6-22-17-15(16)13(21)7-23-17)8-1-2-26-9(3-8)4-14(25-26)24-18(27)10-5-12(10)20/h1-4,6-7,10,12H,5H2,(H,22,23)(H,24,25,27). The van der Waals surface area contributed by atoms with Crippen molar-refractivity contribution >= 4 is 39.9 Å². The Hall–Kier alpha value is -3.00. The molecule has 0 spiro atoms. The van der Waals surface area contributed by atoms with Crippen LogP contribution in [-0.4, -0.2) is 31.7 Å². The van der Waals surface area contributed by atoms with Crippen molar-refractivity contribution in [3.8, 4) is 11.1 Å². The minimum atomic E-state index is -1.06. The van der Waals surface area contributed by atoms with Gasteiger partial charge >= 0.3 is 0 Å².